The van der Waals surface area contributed by atoms with Crippen LogP contribution in [-0.2, 0) is 11.3 Å². The zero-order valence-corrected chi connectivity index (χ0v) is 10.8. The second-order valence-corrected chi connectivity index (χ2v) is 5.50. The van der Waals surface area contributed by atoms with Crippen molar-refractivity contribution in [2.45, 2.75) is 51.3 Å². The third-order valence-corrected chi connectivity index (χ3v) is 4.00. The van der Waals surface area contributed by atoms with Crippen molar-refractivity contribution in [2.24, 2.45) is 0 Å². The Morgan fingerprint density at radius 3 is 3.25 bits per heavy atom. The van der Waals surface area contributed by atoms with Crippen LogP contribution in [0.4, 0.5) is 0 Å². The molecule has 1 aliphatic rings. The van der Waals surface area contributed by atoms with Crippen LogP contribution in [0.25, 0.3) is 0 Å². The van der Waals surface area contributed by atoms with Gasteiger partial charge in [0.15, 0.2) is 0 Å². The van der Waals surface area contributed by atoms with Crippen LogP contribution < -0.4 is 5.32 Å². The molecule has 3 heteroatoms. The van der Waals surface area contributed by atoms with Crippen molar-refractivity contribution >= 4 is 11.3 Å². The van der Waals surface area contributed by atoms with E-state index in [1.165, 1.54) is 24.1 Å². The summed E-state index contributed by atoms with van der Waals surface area (Å²) in [4.78, 5) is 1.43. The molecule has 0 saturated carbocycles. The summed E-state index contributed by atoms with van der Waals surface area (Å²) in [6.45, 7) is 4.17. The highest BCUT2D eigenvalue weighted by Gasteiger charge is 2.21. The summed E-state index contributed by atoms with van der Waals surface area (Å²) < 4.78 is 5.75. The van der Waals surface area contributed by atoms with E-state index < -0.39 is 0 Å². The summed E-state index contributed by atoms with van der Waals surface area (Å²) >= 11 is 1.83. The fraction of sp³-hybridized carbons (Fsp3) is 0.692. The molecule has 0 spiro atoms. The first-order chi connectivity index (χ1) is 7.88. The van der Waals surface area contributed by atoms with Gasteiger partial charge < -0.3 is 10.1 Å². The van der Waals surface area contributed by atoms with Gasteiger partial charge in [-0.3, -0.25) is 0 Å². The first-order valence-corrected chi connectivity index (χ1v) is 7.14. The lowest BCUT2D eigenvalue weighted by molar-refractivity contribution is -0.00338. The number of rotatable bonds is 5. The molecule has 1 fully saturated rings. The maximum atomic E-state index is 5.75. The molecule has 1 saturated heterocycles. The van der Waals surface area contributed by atoms with E-state index in [1.807, 2.05) is 11.3 Å². The van der Waals surface area contributed by atoms with E-state index in [9.17, 15) is 0 Å². The summed E-state index contributed by atoms with van der Waals surface area (Å²) in [6, 6.07) is 4.96. The van der Waals surface area contributed by atoms with Crippen molar-refractivity contribution in [2.75, 3.05) is 6.61 Å². The van der Waals surface area contributed by atoms with Gasteiger partial charge in [-0.2, -0.15) is 0 Å². The molecule has 0 amide bonds. The Morgan fingerprint density at radius 2 is 2.50 bits per heavy atom. The Labute approximate surface area is 102 Å². The summed E-state index contributed by atoms with van der Waals surface area (Å²) in [7, 11) is 0. The van der Waals surface area contributed by atoms with Crippen LogP contribution in [-0.4, -0.2) is 18.8 Å². The van der Waals surface area contributed by atoms with Crippen LogP contribution in [0.2, 0.25) is 0 Å². The third-order valence-electron chi connectivity index (χ3n) is 3.12. The predicted molar refractivity (Wildman–Crippen MR) is 68.8 cm³/mol. The molecule has 16 heavy (non-hydrogen) atoms. The van der Waals surface area contributed by atoms with Gasteiger partial charge >= 0.3 is 0 Å². The standard InChI is InChI=1S/C13H21NOS/c1-2-4-12-9-11(6-7-15-12)14-10-13-5-3-8-16-13/h3,5,8,11-12,14H,2,4,6-7,9-10H2,1H3. The van der Waals surface area contributed by atoms with Gasteiger partial charge in [-0.1, -0.05) is 19.4 Å². The lowest BCUT2D eigenvalue weighted by atomic mass is 10.0. The van der Waals surface area contributed by atoms with Crippen LogP contribution in [0.15, 0.2) is 17.5 Å². The van der Waals surface area contributed by atoms with Crippen molar-refractivity contribution in [3.05, 3.63) is 22.4 Å². The van der Waals surface area contributed by atoms with E-state index in [-0.39, 0.29) is 0 Å². The monoisotopic (exact) mass is 239 g/mol. The van der Waals surface area contributed by atoms with E-state index in [2.05, 4.69) is 29.8 Å². The van der Waals surface area contributed by atoms with Crippen LogP contribution in [0, 0.1) is 0 Å². The van der Waals surface area contributed by atoms with Gasteiger partial charge in [0.1, 0.15) is 0 Å². The molecule has 2 rings (SSSR count). The number of ether oxygens (including phenoxy) is 1. The minimum Gasteiger partial charge on any atom is -0.378 e. The first kappa shape index (κ1) is 12.1. The van der Waals surface area contributed by atoms with Crippen LogP contribution in [0.1, 0.15) is 37.5 Å². The smallest absolute Gasteiger partial charge is 0.0589 e. The number of hydrogen-bond donors (Lipinski definition) is 1. The van der Waals surface area contributed by atoms with E-state index in [0.717, 1.165) is 19.6 Å². The minimum absolute atomic E-state index is 0.486. The molecule has 0 aromatic carbocycles. The average Bonchev–Trinajstić information content (AvgIpc) is 2.80. The molecular formula is C13H21NOS. The highest BCUT2D eigenvalue weighted by molar-refractivity contribution is 7.09. The van der Waals surface area contributed by atoms with Crippen LogP contribution >= 0.6 is 11.3 Å². The van der Waals surface area contributed by atoms with Crippen LogP contribution in [0.3, 0.4) is 0 Å². The zero-order chi connectivity index (χ0) is 11.2. The molecule has 0 aliphatic carbocycles. The molecule has 2 heterocycles. The number of nitrogens with one attached hydrogen (secondary N) is 1. The van der Waals surface area contributed by atoms with Gasteiger partial charge in [-0.05, 0) is 30.7 Å². The average molecular weight is 239 g/mol. The summed E-state index contributed by atoms with van der Waals surface area (Å²) in [6.07, 6.45) is 5.25. The van der Waals surface area contributed by atoms with Crippen molar-refractivity contribution in [3.63, 3.8) is 0 Å². The molecule has 1 N–H and O–H groups in total. The maximum Gasteiger partial charge on any atom is 0.0589 e. The summed E-state index contributed by atoms with van der Waals surface area (Å²) in [5, 5.41) is 5.78. The Balaban J connectivity index is 1.72. The van der Waals surface area contributed by atoms with Gasteiger partial charge in [-0.15, -0.1) is 11.3 Å². The summed E-state index contributed by atoms with van der Waals surface area (Å²) in [5.41, 5.74) is 0. The highest BCUT2D eigenvalue weighted by Crippen LogP contribution is 2.18. The van der Waals surface area contributed by atoms with Crippen LogP contribution in [0.5, 0.6) is 0 Å². The molecule has 2 unspecified atom stereocenters. The minimum atomic E-state index is 0.486. The molecule has 0 radical (unpaired) electrons. The molecule has 0 bridgehead atoms. The van der Waals surface area contributed by atoms with Crippen molar-refractivity contribution in [1.82, 2.24) is 5.32 Å². The second-order valence-electron chi connectivity index (χ2n) is 4.46. The number of thiophene rings is 1. The number of hydrogen-bond acceptors (Lipinski definition) is 3. The quantitative estimate of drug-likeness (QED) is 0.852. The predicted octanol–water partition coefficient (Wildman–Crippen LogP) is 3.19. The van der Waals surface area contributed by atoms with E-state index in [0.29, 0.717) is 12.1 Å². The third kappa shape index (κ3) is 3.58. The Hall–Kier alpha value is -0.380. The van der Waals surface area contributed by atoms with Crippen molar-refractivity contribution in [3.8, 4) is 0 Å². The van der Waals surface area contributed by atoms with Gasteiger partial charge in [0.25, 0.3) is 0 Å². The molecule has 1 aromatic rings. The Kier molecular flexibility index (Phi) is 4.82. The van der Waals surface area contributed by atoms with Gasteiger partial charge in [0.05, 0.1) is 6.10 Å². The highest BCUT2D eigenvalue weighted by atomic mass is 32.1. The first-order valence-electron chi connectivity index (χ1n) is 6.26. The molecular weight excluding hydrogens is 218 g/mol. The maximum absolute atomic E-state index is 5.75. The van der Waals surface area contributed by atoms with Gasteiger partial charge in [0.2, 0.25) is 0 Å². The topological polar surface area (TPSA) is 21.3 Å². The van der Waals surface area contributed by atoms with Gasteiger partial charge in [0, 0.05) is 24.1 Å². The second kappa shape index (κ2) is 6.38. The molecule has 1 aromatic heterocycles. The molecule has 90 valence electrons. The lowest BCUT2D eigenvalue weighted by Gasteiger charge is -2.30. The molecule has 2 atom stereocenters. The SMILES string of the molecule is CCCC1CC(NCc2cccs2)CCO1. The van der Waals surface area contributed by atoms with E-state index in [1.54, 1.807) is 0 Å². The zero-order valence-electron chi connectivity index (χ0n) is 9.95. The largest absolute Gasteiger partial charge is 0.378 e. The van der Waals surface area contributed by atoms with E-state index >= 15 is 0 Å². The fourth-order valence-corrected chi connectivity index (χ4v) is 2.90. The van der Waals surface area contributed by atoms with Crippen molar-refractivity contribution < 1.29 is 4.74 Å². The Bertz CT molecular complexity index is 284. The van der Waals surface area contributed by atoms with E-state index in [4.69, 9.17) is 4.74 Å². The van der Waals surface area contributed by atoms with Gasteiger partial charge in [-0.25, -0.2) is 0 Å². The summed E-state index contributed by atoms with van der Waals surface area (Å²) in [5.74, 6) is 0. The lowest BCUT2D eigenvalue weighted by Crippen LogP contribution is -2.38. The van der Waals surface area contributed by atoms with Crippen molar-refractivity contribution in [1.29, 1.82) is 0 Å². The molecule has 1 aliphatic heterocycles. The molecule has 2 nitrogen and oxygen atoms in total. The normalized spacial score (nSPS) is 25.8. The fourth-order valence-electron chi connectivity index (χ4n) is 2.25. The Morgan fingerprint density at radius 1 is 1.56 bits per heavy atom.